The van der Waals surface area contributed by atoms with E-state index >= 15 is 0 Å². The average molecular weight is 613 g/mol. The first-order chi connectivity index (χ1) is 22.0. The second-order valence-electron chi connectivity index (χ2n) is 12.5. The van der Waals surface area contributed by atoms with Gasteiger partial charge in [-0.05, 0) is 11.1 Å². The van der Waals surface area contributed by atoms with E-state index in [0.29, 0.717) is 45.9 Å². The molecule has 0 bridgehead atoms. The van der Waals surface area contributed by atoms with Gasteiger partial charge in [0.1, 0.15) is 11.6 Å². The summed E-state index contributed by atoms with van der Waals surface area (Å²) in [4.78, 5) is 51.2. The number of hydrogen-bond acceptors (Lipinski definition) is 7. The minimum atomic E-state index is -1.35. The Labute approximate surface area is 263 Å². The van der Waals surface area contributed by atoms with E-state index in [1.165, 1.54) is 4.90 Å². The van der Waals surface area contributed by atoms with Crippen molar-refractivity contribution in [2.24, 2.45) is 11.8 Å². The van der Waals surface area contributed by atoms with Crippen molar-refractivity contribution in [3.63, 3.8) is 0 Å². The topological polar surface area (TPSA) is 103 Å². The molecule has 5 aliphatic rings. The third-order valence-electron chi connectivity index (χ3n) is 9.96. The maximum Gasteiger partial charge on any atom is 0.249 e. The van der Waals surface area contributed by atoms with Gasteiger partial charge in [-0.15, -0.1) is 0 Å². The van der Waals surface area contributed by atoms with E-state index in [9.17, 15) is 19.5 Å². The number of aliphatic hydroxyl groups excluding tert-OH is 1. The summed E-state index contributed by atoms with van der Waals surface area (Å²) in [7, 11) is 0. The number of ether oxygens (including phenoxy) is 2. The third kappa shape index (κ3) is 5.29. The molecular formula is C35H40N4O6. The van der Waals surface area contributed by atoms with Crippen LogP contribution >= 0.6 is 0 Å². The fourth-order valence-corrected chi connectivity index (χ4v) is 7.77. The maximum absolute atomic E-state index is 14.8. The summed E-state index contributed by atoms with van der Waals surface area (Å²) >= 11 is 0. The normalized spacial score (nSPS) is 30.6. The Kier molecular flexibility index (Phi) is 8.31. The standard InChI is InChI=1S/C35H40N4O6/c40-24-27(26-11-5-2-6-12-26)39-31-34(43)37(18-17-36-19-21-44-22-20-36)16-8-14-35(31)30(33(39)42)29-28(45-35)13-7-15-38(32(29)41)23-25-9-3-1-4-10-25/h1-14,27-31,40H,15-24H2/t27-,28-,29+,30+,31?,35+/m1/s1. The Morgan fingerprint density at radius 1 is 0.844 bits per heavy atom. The van der Waals surface area contributed by atoms with Gasteiger partial charge >= 0.3 is 0 Å². The highest BCUT2D eigenvalue weighted by Gasteiger charge is 2.72. The molecule has 236 valence electrons. The second-order valence-corrected chi connectivity index (χ2v) is 12.5. The molecule has 7 rings (SSSR count). The van der Waals surface area contributed by atoms with Crippen molar-refractivity contribution in [3.05, 3.63) is 96.1 Å². The largest absolute Gasteiger partial charge is 0.394 e. The molecule has 3 saturated heterocycles. The molecule has 1 N–H and O–H groups in total. The fourth-order valence-electron chi connectivity index (χ4n) is 7.77. The lowest BCUT2D eigenvalue weighted by Crippen LogP contribution is -2.57. The molecule has 5 heterocycles. The van der Waals surface area contributed by atoms with E-state index in [-0.39, 0.29) is 24.3 Å². The van der Waals surface area contributed by atoms with Crippen molar-refractivity contribution in [1.82, 2.24) is 19.6 Å². The summed E-state index contributed by atoms with van der Waals surface area (Å²) in [6.07, 6.45) is 6.94. The predicted octanol–water partition coefficient (Wildman–Crippen LogP) is 1.63. The van der Waals surface area contributed by atoms with Crippen LogP contribution in [0.15, 0.2) is 85.0 Å². The van der Waals surface area contributed by atoms with Gasteiger partial charge in [-0.1, -0.05) is 85.0 Å². The number of hydrogen-bond donors (Lipinski definition) is 1. The first-order valence-corrected chi connectivity index (χ1v) is 15.9. The number of likely N-dealkylation sites (tertiary alicyclic amines) is 1. The molecule has 3 amide bonds. The number of aliphatic hydroxyl groups is 1. The summed E-state index contributed by atoms with van der Waals surface area (Å²) in [5.41, 5.74) is 0.363. The van der Waals surface area contributed by atoms with Crippen LogP contribution in [0.25, 0.3) is 0 Å². The molecule has 0 aromatic heterocycles. The van der Waals surface area contributed by atoms with Gasteiger partial charge in [-0.2, -0.15) is 0 Å². The van der Waals surface area contributed by atoms with Crippen molar-refractivity contribution >= 4 is 17.7 Å². The summed E-state index contributed by atoms with van der Waals surface area (Å²) in [5.74, 6) is -2.46. The Morgan fingerprint density at radius 2 is 1.56 bits per heavy atom. The van der Waals surface area contributed by atoms with Crippen LogP contribution in [0.4, 0.5) is 0 Å². The number of nitrogens with zero attached hydrogens (tertiary/aromatic N) is 4. The number of morpholine rings is 1. The quantitative estimate of drug-likeness (QED) is 0.453. The lowest BCUT2D eigenvalue weighted by Gasteiger charge is -2.39. The second kappa shape index (κ2) is 12.5. The minimum absolute atomic E-state index is 0.167. The van der Waals surface area contributed by atoms with Crippen LogP contribution in [0.1, 0.15) is 17.2 Å². The van der Waals surface area contributed by atoms with Crippen LogP contribution in [0.3, 0.4) is 0 Å². The monoisotopic (exact) mass is 612 g/mol. The van der Waals surface area contributed by atoms with Gasteiger partial charge in [0.25, 0.3) is 0 Å². The van der Waals surface area contributed by atoms with Gasteiger partial charge in [0.2, 0.25) is 17.7 Å². The van der Waals surface area contributed by atoms with Crippen LogP contribution in [-0.2, 0) is 30.4 Å². The van der Waals surface area contributed by atoms with Crippen molar-refractivity contribution in [2.75, 3.05) is 59.1 Å². The average Bonchev–Trinajstić information content (AvgIpc) is 3.40. The van der Waals surface area contributed by atoms with Gasteiger partial charge in [0, 0.05) is 45.8 Å². The zero-order valence-electron chi connectivity index (χ0n) is 25.3. The number of benzene rings is 2. The van der Waals surface area contributed by atoms with Crippen LogP contribution in [-0.4, -0.2) is 119 Å². The van der Waals surface area contributed by atoms with Crippen molar-refractivity contribution in [2.45, 2.75) is 30.3 Å². The summed E-state index contributed by atoms with van der Waals surface area (Å²) in [6, 6.07) is 17.3. The predicted molar refractivity (Wildman–Crippen MR) is 165 cm³/mol. The Balaban J connectivity index is 1.26. The van der Waals surface area contributed by atoms with Gasteiger partial charge in [0.15, 0.2) is 0 Å². The SMILES string of the molecule is O=C1C2N([C@H](CO)c3ccccc3)C(=O)[C@@H]3[C@H]4C(=O)N(Cc5ccccc5)CC=C[C@H]4O[C@]23C=CCN1CCN1CCOCC1. The molecule has 45 heavy (non-hydrogen) atoms. The maximum atomic E-state index is 14.8. The number of carbonyl (C=O) groups excluding carboxylic acids is 3. The smallest absolute Gasteiger partial charge is 0.249 e. The van der Waals surface area contributed by atoms with Crippen molar-refractivity contribution in [3.8, 4) is 0 Å². The Bertz CT molecular complexity index is 1460. The van der Waals surface area contributed by atoms with Gasteiger partial charge in [-0.25, -0.2) is 0 Å². The van der Waals surface area contributed by atoms with Crippen LogP contribution in [0.2, 0.25) is 0 Å². The van der Waals surface area contributed by atoms with E-state index in [1.807, 2.05) is 85.0 Å². The lowest BCUT2D eigenvalue weighted by molar-refractivity contribution is -0.151. The number of fused-ring (bicyclic) bond motifs is 2. The molecule has 5 aliphatic heterocycles. The fraction of sp³-hybridized carbons (Fsp3) is 0.457. The molecule has 10 nitrogen and oxygen atoms in total. The van der Waals surface area contributed by atoms with Gasteiger partial charge in [-0.3, -0.25) is 19.3 Å². The summed E-state index contributed by atoms with van der Waals surface area (Å²) in [6.45, 7) is 4.91. The molecular weight excluding hydrogens is 572 g/mol. The van der Waals surface area contributed by atoms with Crippen LogP contribution < -0.4 is 0 Å². The Hall–Kier alpha value is -3.83. The molecule has 2 aromatic rings. The van der Waals surface area contributed by atoms with E-state index < -0.39 is 35.6 Å². The first kappa shape index (κ1) is 29.9. The number of rotatable bonds is 8. The molecule has 10 heteroatoms. The third-order valence-corrected chi connectivity index (χ3v) is 9.96. The molecule has 3 fully saturated rings. The minimum Gasteiger partial charge on any atom is -0.394 e. The molecule has 1 unspecified atom stereocenters. The van der Waals surface area contributed by atoms with E-state index in [0.717, 1.165) is 24.2 Å². The van der Waals surface area contributed by atoms with Crippen molar-refractivity contribution < 1.29 is 29.0 Å². The van der Waals surface area contributed by atoms with Crippen LogP contribution in [0.5, 0.6) is 0 Å². The molecule has 6 atom stereocenters. The Morgan fingerprint density at radius 3 is 2.29 bits per heavy atom. The van der Waals surface area contributed by atoms with Gasteiger partial charge < -0.3 is 29.3 Å². The molecule has 2 aromatic carbocycles. The molecule has 0 radical (unpaired) electrons. The lowest BCUT2D eigenvalue weighted by atomic mass is 9.77. The number of carbonyl (C=O) groups is 3. The number of amides is 3. The molecule has 0 saturated carbocycles. The first-order valence-electron chi connectivity index (χ1n) is 15.9. The van der Waals surface area contributed by atoms with Gasteiger partial charge in [0.05, 0.1) is 43.8 Å². The molecule has 0 aliphatic carbocycles. The summed E-state index contributed by atoms with van der Waals surface area (Å²) < 4.78 is 12.3. The highest BCUT2D eigenvalue weighted by Crippen LogP contribution is 2.55. The van der Waals surface area contributed by atoms with E-state index in [4.69, 9.17) is 9.47 Å². The zero-order chi connectivity index (χ0) is 31.0. The highest BCUT2D eigenvalue weighted by atomic mass is 16.5. The van der Waals surface area contributed by atoms with Crippen molar-refractivity contribution in [1.29, 1.82) is 0 Å². The highest BCUT2D eigenvalue weighted by molar-refractivity contribution is 6.00. The van der Waals surface area contributed by atoms with Crippen LogP contribution in [0, 0.1) is 11.8 Å². The molecule has 1 spiro atoms. The van der Waals surface area contributed by atoms with E-state index in [1.54, 1.807) is 9.80 Å². The summed E-state index contributed by atoms with van der Waals surface area (Å²) in [5, 5.41) is 10.8. The zero-order valence-corrected chi connectivity index (χ0v) is 25.3. The van der Waals surface area contributed by atoms with E-state index in [2.05, 4.69) is 4.90 Å².